The first kappa shape index (κ1) is 27.3. The van der Waals surface area contributed by atoms with E-state index in [-0.39, 0.29) is 42.7 Å². The molecule has 1 aliphatic carbocycles. The smallest absolute Gasteiger partial charge is 0.261 e. The molecule has 0 radical (unpaired) electrons. The number of carbonyl (C=O) groups is 1. The number of rotatable bonds is 9. The highest BCUT2D eigenvalue weighted by Crippen LogP contribution is 2.34. The molecular formula is C31H38N6O4. The van der Waals surface area contributed by atoms with Crippen molar-refractivity contribution < 1.29 is 14.6 Å². The van der Waals surface area contributed by atoms with Gasteiger partial charge >= 0.3 is 0 Å². The molecule has 1 aromatic heterocycles. The van der Waals surface area contributed by atoms with Gasteiger partial charge in [-0.1, -0.05) is 31.2 Å². The Morgan fingerprint density at radius 3 is 2.78 bits per heavy atom. The molecule has 6 rings (SSSR count). The van der Waals surface area contributed by atoms with Gasteiger partial charge in [0.2, 0.25) is 0 Å². The number of amidine groups is 1. The van der Waals surface area contributed by atoms with Crippen LogP contribution in [0.15, 0.2) is 69.6 Å². The molecule has 4 heterocycles. The second-order valence-corrected chi connectivity index (χ2v) is 11.3. The number of aromatic amines is 1. The number of aliphatic hydroxyl groups is 1. The fraction of sp³-hybridized carbons (Fsp3) is 0.452. The number of para-hydroxylation sites is 1. The quantitative estimate of drug-likeness (QED) is 0.370. The first-order valence-corrected chi connectivity index (χ1v) is 14.5. The van der Waals surface area contributed by atoms with Crippen molar-refractivity contribution in [1.29, 1.82) is 0 Å². The molecule has 2 aromatic rings. The predicted octanol–water partition coefficient (Wildman–Crippen LogP) is 1.68. The number of likely N-dealkylation sites (tertiary alicyclic amines) is 2. The molecule has 2 fully saturated rings. The van der Waals surface area contributed by atoms with Crippen molar-refractivity contribution in [3.05, 3.63) is 81.3 Å². The molecule has 41 heavy (non-hydrogen) atoms. The summed E-state index contributed by atoms with van der Waals surface area (Å²) >= 11 is 0. The summed E-state index contributed by atoms with van der Waals surface area (Å²) in [5.74, 6) is 1.32. The molecule has 10 heteroatoms. The average Bonchev–Trinajstić information content (AvgIpc) is 3.54. The maximum absolute atomic E-state index is 13.3. The molecule has 10 nitrogen and oxygen atoms in total. The van der Waals surface area contributed by atoms with Gasteiger partial charge in [-0.25, -0.2) is 0 Å². The van der Waals surface area contributed by atoms with Crippen LogP contribution in [0.3, 0.4) is 0 Å². The Bertz CT molecular complexity index is 1450. The van der Waals surface area contributed by atoms with E-state index in [9.17, 15) is 14.7 Å². The van der Waals surface area contributed by atoms with E-state index in [2.05, 4.69) is 40.6 Å². The highest BCUT2D eigenvalue weighted by molar-refractivity contribution is 6.06. The summed E-state index contributed by atoms with van der Waals surface area (Å²) in [4.78, 5) is 38.2. The number of aromatic nitrogens is 1. The van der Waals surface area contributed by atoms with Gasteiger partial charge in [0, 0.05) is 30.9 Å². The van der Waals surface area contributed by atoms with Crippen molar-refractivity contribution in [2.45, 2.75) is 50.4 Å². The van der Waals surface area contributed by atoms with Crippen molar-refractivity contribution >= 4 is 17.4 Å². The maximum Gasteiger partial charge on any atom is 0.261 e. The van der Waals surface area contributed by atoms with E-state index < -0.39 is 6.10 Å². The van der Waals surface area contributed by atoms with Crippen molar-refractivity contribution in [3.8, 4) is 5.75 Å². The third-order valence-electron chi connectivity index (χ3n) is 8.48. The first-order valence-electron chi connectivity index (χ1n) is 14.5. The number of pyridine rings is 1. The van der Waals surface area contributed by atoms with Crippen LogP contribution in [-0.2, 0) is 11.2 Å². The fourth-order valence-corrected chi connectivity index (χ4v) is 6.14. The van der Waals surface area contributed by atoms with Crippen LogP contribution < -0.4 is 20.9 Å². The SMILES string of the molecule is CCc1ccccc1OC[C@H](O)CNc1cc[nH]c(=O)c1C1=NC2C=C3C(=O)N(C4CCN(C)CC4)CC3=CC2N1. The summed E-state index contributed by atoms with van der Waals surface area (Å²) in [6.07, 6.45) is 7.67. The molecular weight excluding hydrogens is 520 g/mol. The number of nitrogens with one attached hydrogen (secondary N) is 3. The Labute approximate surface area is 239 Å². The van der Waals surface area contributed by atoms with Gasteiger partial charge in [0.25, 0.3) is 11.5 Å². The third-order valence-corrected chi connectivity index (χ3v) is 8.48. The van der Waals surface area contributed by atoms with Gasteiger partial charge in [-0.2, -0.15) is 0 Å². The molecule has 0 spiro atoms. The summed E-state index contributed by atoms with van der Waals surface area (Å²) in [7, 11) is 2.12. The van der Waals surface area contributed by atoms with Crippen LogP contribution in [0, 0.1) is 0 Å². The topological polar surface area (TPSA) is 122 Å². The lowest BCUT2D eigenvalue weighted by Crippen LogP contribution is -2.44. The zero-order chi connectivity index (χ0) is 28.5. The molecule has 1 aromatic carbocycles. The summed E-state index contributed by atoms with van der Waals surface area (Å²) in [5, 5.41) is 17.2. The molecule has 2 unspecified atom stereocenters. The number of aryl methyl sites for hydroxylation is 1. The summed E-state index contributed by atoms with van der Waals surface area (Å²) < 4.78 is 5.85. The van der Waals surface area contributed by atoms with Crippen molar-refractivity contribution in [2.24, 2.45) is 4.99 Å². The number of benzene rings is 1. The third kappa shape index (κ3) is 5.54. The van der Waals surface area contributed by atoms with Crippen LogP contribution in [0.25, 0.3) is 0 Å². The number of amides is 1. The number of piperidine rings is 1. The Hall–Kier alpha value is -3.89. The van der Waals surface area contributed by atoms with Crippen molar-refractivity contribution in [2.75, 3.05) is 45.2 Å². The first-order chi connectivity index (χ1) is 19.9. The molecule has 216 valence electrons. The molecule has 3 aliphatic heterocycles. The van der Waals surface area contributed by atoms with E-state index in [0.717, 1.165) is 54.8 Å². The van der Waals surface area contributed by atoms with Gasteiger partial charge < -0.3 is 35.3 Å². The Morgan fingerprint density at radius 1 is 1.17 bits per heavy atom. The van der Waals surface area contributed by atoms with Gasteiger partial charge in [-0.15, -0.1) is 0 Å². The van der Waals surface area contributed by atoms with Crippen LogP contribution in [-0.4, -0.2) is 95.7 Å². The number of anilines is 1. The van der Waals surface area contributed by atoms with E-state index in [0.29, 0.717) is 23.6 Å². The zero-order valence-electron chi connectivity index (χ0n) is 23.6. The van der Waals surface area contributed by atoms with Gasteiger partial charge in [-0.05, 0) is 68.7 Å². The van der Waals surface area contributed by atoms with Crippen LogP contribution in [0.4, 0.5) is 5.69 Å². The van der Waals surface area contributed by atoms with E-state index >= 15 is 0 Å². The van der Waals surface area contributed by atoms with Gasteiger partial charge in [0.1, 0.15) is 29.9 Å². The van der Waals surface area contributed by atoms with E-state index in [1.54, 1.807) is 12.3 Å². The minimum atomic E-state index is -0.791. The standard InChI is InChI=1S/C31H38N6O4/c1-3-19-6-4-5-7-27(19)41-18-22(38)16-33-24-8-11-32-30(39)28(24)29-34-25-14-20-17-37(21-9-12-36(2)13-10-21)31(40)23(20)15-26(25)35-29/h4-8,11,14-15,21-22,25-26,38H,3,9-10,12-13,16-18H2,1-2H3,(H,34,35)(H2,32,33,39)/t22-,25?,26?/m1/s1. The molecule has 4 aliphatic rings. The lowest BCUT2D eigenvalue weighted by Gasteiger charge is -2.34. The fourth-order valence-electron chi connectivity index (χ4n) is 6.14. The van der Waals surface area contributed by atoms with E-state index in [4.69, 9.17) is 9.73 Å². The minimum Gasteiger partial charge on any atom is -0.491 e. The van der Waals surface area contributed by atoms with Crippen LogP contribution >= 0.6 is 0 Å². The average molecular weight is 559 g/mol. The highest BCUT2D eigenvalue weighted by atomic mass is 16.5. The van der Waals surface area contributed by atoms with E-state index in [1.165, 1.54) is 0 Å². The van der Waals surface area contributed by atoms with Gasteiger partial charge in [0.15, 0.2) is 0 Å². The maximum atomic E-state index is 13.3. The summed E-state index contributed by atoms with van der Waals surface area (Å²) in [5.41, 5.74) is 3.52. The Balaban J connectivity index is 1.13. The largest absolute Gasteiger partial charge is 0.491 e. The number of hydrogen-bond donors (Lipinski definition) is 4. The molecule has 4 N–H and O–H groups in total. The number of aliphatic hydroxyl groups excluding tert-OH is 1. The molecule has 0 bridgehead atoms. The summed E-state index contributed by atoms with van der Waals surface area (Å²) in [6.45, 7) is 5.01. The van der Waals surface area contributed by atoms with Crippen molar-refractivity contribution in [3.63, 3.8) is 0 Å². The van der Waals surface area contributed by atoms with Gasteiger partial charge in [-0.3, -0.25) is 14.6 Å². The van der Waals surface area contributed by atoms with Crippen LogP contribution in [0.2, 0.25) is 0 Å². The number of H-pyrrole nitrogens is 1. The predicted molar refractivity (Wildman–Crippen MR) is 159 cm³/mol. The van der Waals surface area contributed by atoms with E-state index in [1.807, 2.05) is 35.2 Å². The number of fused-ring (bicyclic) bond motifs is 2. The zero-order valence-corrected chi connectivity index (χ0v) is 23.6. The minimum absolute atomic E-state index is 0.0885. The van der Waals surface area contributed by atoms with Crippen LogP contribution in [0.5, 0.6) is 5.75 Å². The molecule has 3 atom stereocenters. The molecule has 1 amide bonds. The number of carbonyl (C=O) groups excluding carboxylic acids is 1. The number of hydrogen-bond acceptors (Lipinski definition) is 8. The molecule has 0 saturated carbocycles. The lowest BCUT2D eigenvalue weighted by molar-refractivity contribution is -0.127. The monoisotopic (exact) mass is 558 g/mol. The van der Waals surface area contributed by atoms with Gasteiger partial charge in [0.05, 0.1) is 17.8 Å². The highest BCUT2D eigenvalue weighted by Gasteiger charge is 2.41. The second-order valence-electron chi connectivity index (χ2n) is 11.3. The van der Waals surface area contributed by atoms with Crippen molar-refractivity contribution in [1.82, 2.24) is 20.1 Å². The number of nitrogens with zero attached hydrogens (tertiary/aromatic N) is 3. The second kappa shape index (κ2) is 11.5. The summed E-state index contributed by atoms with van der Waals surface area (Å²) in [6, 6.07) is 9.43. The van der Waals surface area contributed by atoms with Crippen LogP contribution in [0.1, 0.15) is 30.9 Å². The lowest BCUT2D eigenvalue weighted by atomic mass is 9.94. The Kier molecular flexibility index (Phi) is 7.68. The number of ether oxygens (including phenoxy) is 1. The molecule has 2 saturated heterocycles. The number of aliphatic imine (C=N–C) groups is 1. The normalized spacial score (nSPS) is 23.2. The Morgan fingerprint density at radius 2 is 1.98 bits per heavy atom.